The third-order valence-corrected chi connectivity index (χ3v) is 1.85. The molecule has 13 heavy (non-hydrogen) atoms. The van der Waals surface area contributed by atoms with Gasteiger partial charge in [-0.15, -0.1) is 0 Å². The molecule has 0 aliphatic carbocycles. The van der Waals surface area contributed by atoms with Crippen LogP contribution in [0.15, 0.2) is 4.99 Å². The number of carboxylic acids is 1. The Bertz CT molecular complexity index is 182. The molecule has 0 amide bonds. The van der Waals surface area contributed by atoms with Crippen LogP contribution in [-0.2, 0) is 9.53 Å². The zero-order valence-electron chi connectivity index (χ0n) is 7.40. The topological polar surface area (TPSA) is 70.9 Å². The Labute approximate surface area is 76.8 Å². The van der Waals surface area contributed by atoms with E-state index in [2.05, 4.69) is 15.0 Å². The van der Waals surface area contributed by atoms with Crippen molar-refractivity contribution in [2.45, 2.75) is 18.9 Å². The fraction of sp³-hybridized carbons (Fsp3) is 0.750. The molecule has 2 aliphatic rings. The number of aliphatic imine (C=N–C) groups is 1. The van der Waals surface area contributed by atoms with Crippen LogP contribution < -0.4 is 5.32 Å². The molecule has 0 aromatic heterocycles. The summed E-state index contributed by atoms with van der Waals surface area (Å²) in [6.45, 7) is 2.48. The maximum Gasteiger partial charge on any atom is 0.320 e. The first-order valence-corrected chi connectivity index (χ1v) is 4.37. The normalized spacial score (nSPS) is 24.8. The zero-order chi connectivity index (χ0) is 9.52. The van der Waals surface area contributed by atoms with Gasteiger partial charge in [0.05, 0.1) is 6.54 Å². The lowest BCUT2D eigenvalue weighted by Crippen LogP contribution is -2.29. The van der Waals surface area contributed by atoms with Gasteiger partial charge in [-0.3, -0.25) is 9.79 Å². The van der Waals surface area contributed by atoms with E-state index in [0.717, 1.165) is 32.5 Å². The Balaban J connectivity index is 0.000000145. The van der Waals surface area contributed by atoms with E-state index in [1.807, 2.05) is 0 Å². The summed E-state index contributed by atoms with van der Waals surface area (Å²) in [6.07, 6.45) is 3.27. The summed E-state index contributed by atoms with van der Waals surface area (Å²) in [5, 5.41) is 11.2. The largest absolute Gasteiger partial charge is 0.482 e. The highest BCUT2D eigenvalue weighted by molar-refractivity contribution is 5.73. The van der Waals surface area contributed by atoms with Gasteiger partial charge in [0.25, 0.3) is 0 Å². The molecule has 0 aromatic rings. The van der Waals surface area contributed by atoms with E-state index in [9.17, 15) is 4.79 Å². The van der Waals surface area contributed by atoms with Crippen molar-refractivity contribution < 1.29 is 14.6 Å². The second-order valence-electron chi connectivity index (χ2n) is 2.87. The number of carboxylic acid groups (broad SMARTS) is 1. The summed E-state index contributed by atoms with van der Waals surface area (Å²) < 4.78 is 4.65. The average molecular weight is 186 g/mol. The highest BCUT2D eigenvalue weighted by Crippen LogP contribution is 2.03. The van der Waals surface area contributed by atoms with E-state index < -0.39 is 5.97 Å². The minimum atomic E-state index is -0.720. The molecular weight excluding hydrogens is 172 g/mol. The van der Waals surface area contributed by atoms with E-state index in [1.54, 1.807) is 0 Å². The third-order valence-electron chi connectivity index (χ3n) is 1.85. The lowest BCUT2D eigenvalue weighted by Gasteiger charge is -1.99. The van der Waals surface area contributed by atoms with Crippen molar-refractivity contribution in [3.8, 4) is 0 Å². The van der Waals surface area contributed by atoms with Crippen LogP contribution in [0.4, 0.5) is 0 Å². The van der Waals surface area contributed by atoms with Crippen molar-refractivity contribution in [2.75, 3.05) is 19.7 Å². The van der Waals surface area contributed by atoms with E-state index in [1.165, 1.54) is 6.40 Å². The number of nitrogens with one attached hydrogen (secondary N) is 1. The fourth-order valence-corrected chi connectivity index (χ4v) is 1.16. The van der Waals surface area contributed by atoms with Crippen LogP contribution in [0, 0.1) is 0 Å². The van der Waals surface area contributed by atoms with Gasteiger partial charge in [0.15, 0.2) is 6.40 Å². The van der Waals surface area contributed by atoms with Gasteiger partial charge in [-0.1, -0.05) is 0 Å². The SMILES string of the molecule is C1=NCCO1.O=C(O)[C@@H]1CCCN1. The van der Waals surface area contributed by atoms with Crippen molar-refractivity contribution in [2.24, 2.45) is 4.99 Å². The first kappa shape index (κ1) is 9.98. The number of rotatable bonds is 1. The second-order valence-corrected chi connectivity index (χ2v) is 2.87. The number of hydrogen-bond acceptors (Lipinski definition) is 4. The molecule has 2 heterocycles. The maximum absolute atomic E-state index is 10.1. The van der Waals surface area contributed by atoms with Gasteiger partial charge in [-0.05, 0) is 19.4 Å². The molecule has 0 bridgehead atoms. The molecule has 0 spiro atoms. The van der Waals surface area contributed by atoms with Gasteiger partial charge in [0, 0.05) is 0 Å². The van der Waals surface area contributed by atoms with E-state index in [0.29, 0.717) is 0 Å². The number of nitrogens with zero attached hydrogens (tertiary/aromatic N) is 1. The Morgan fingerprint density at radius 3 is 2.77 bits per heavy atom. The molecule has 2 rings (SSSR count). The van der Waals surface area contributed by atoms with Crippen LogP contribution in [0.25, 0.3) is 0 Å². The standard InChI is InChI=1S/C5H9NO2.C3H5NO/c7-5(8)4-2-1-3-6-4;1-2-5-3-4-1/h4,6H,1-3H2,(H,7,8);3H,1-2H2/t4-;/m0./s1. The molecule has 2 aliphatic heterocycles. The molecule has 0 unspecified atom stereocenters. The first-order valence-electron chi connectivity index (χ1n) is 4.37. The molecule has 2 N–H and O–H groups in total. The van der Waals surface area contributed by atoms with Crippen molar-refractivity contribution in [3.05, 3.63) is 0 Å². The number of aliphatic carboxylic acids is 1. The van der Waals surface area contributed by atoms with Crippen molar-refractivity contribution in [3.63, 3.8) is 0 Å². The van der Waals surface area contributed by atoms with Crippen molar-refractivity contribution in [1.29, 1.82) is 0 Å². The molecule has 74 valence electrons. The molecule has 1 atom stereocenters. The Hall–Kier alpha value is -1.10. The second kappa shape index (κ2) is 5.53. The summed E-state index contributed by atoms with van der Waals surface area (Å²) >= 11 is 0. The van der Waals surface area contributed by atoms with Crippen LogP contribution in [0.2, 0.25) is 0 Å². The number of ether oxygens (including phenoxy) is 1. The van der Waals surface area contributed by atoms with Crippen LogP contribution in [0.5, 0.6) is 0 Å². The predicted molar refractivity (Wildman–Crippen MR) is 48.0 cm³/mol. The Morgan fingerprint density at radius 2 is 2.54 bits per heavy atom. The minimum Gasteiger partial charge on any atom is -0.482 e. The van der Waals surface area contributed by atoms with Gasteiger partial charge < -0.3 is 15.2 Å². The number of hydrogen-bond donors (Lipinski definition) is 2. The van der Waals surface area contributed by atoms with E-state index >= 15 is 0 Å². The molecule has 1 saturated heterocycles. The molecule has 0 saturated carbocycles. The van der Waals surface area contributed by atoms with Crippen LogP contribution in [-0.4, -0.2) is 43.2 Å². The number of carbonyl (C=O) groups is 1. The molecule has 0 radical (unpaired) electrons. The molecular formula is C8H14N2O3. The van der Waals surface area contributed by atoms with Gasteiger partial charge in [0.1, 0.15) is 12.6 Å². The van der Waals surface area contributed by atoms with Crippen molar-refractivity contribution in [1.82, 2.24) is 5.32 Å². The third kappa shape index (κ3) is 3.89. The lowest BCUT2D eigenvalue weighted by atomic mass is 10.2. The van der Waals surface area contributed by atoms with Gasteiger partial charge >= 0.3 is 5.97 Å². The highest BCUT2D eigenvalue weighted by atomic mass is 16.5. The van der Waals surface area contributed by atoms with Crippen LogP contribution in [0.3, 0.4) is 0 Å². The van der Waals surface area contributed by atoms with Crippen LogP contribution >= 0.6 is 0 Å². The summed E-state index contributed by atoms with van der Waals surface area (Å²) in [4.78, 5) is 13.9. The minimum absolute atomic E-state index is 0.269. The zero-order valence-corrected chi connectivity index (χ0v) is 7.40. The summed E-state index contributed by atoms with van der Waals surface area (Å²) in [6, 6.07) is -0.269. The Kier molecular flexibility index (Phi) is 4.25. The monoisotopic (exact) mass is 186 g/mol. The first-order chi connectivity index (χ1) is 6.30. The Morgan fingerprint density at radius 1 is 1.69 bits per heavy atom. The summed E-state index contributed by atoms with van der Waals surface area (Å²) in [5.41, 5.74) is 0. The van der Waals surface area contributed by atoms with E-state index in [-0.39, 0.29) is 6.04 Å². The van der Waals surface area contributed by atoms with E-state index in [4.69, 9.17) is 5.11 Å². The van der Waals surface area contributed by atoms with Gasteiger partial charge in [-0.2, -0.15) is 0 Å². The highest BCUT2D eigenvalue weighted by Gasteiger charge is 2.20. The fourth-order valence-electron chi connectivity index (χ4n) is 1.16. The smallest absolute Gasteiger partial charge is 0.320 e. The van der Waals surface area contributed by atoms with Gasteiger partial charge in [0.2, 0.25) is 0 Å². The predicted octanol–water partition coefficient (Wildman–Crippen LogP) is -0.132. The summed E-state index contributed by atoms with van der Waals surface area (Å²) in [5.74, 6) is -0.720. The van der Waals surface area contributed by atoms with Gasteiger partial charge in [-0.25, -0.2) is 0 Å². The average Bonchev–Trinajstić information content (AvgIpc) is 2.82. The maximum atomic E-state index is 10.1. The summed E-state index contributed by atoms with van der Waals surface area (Å²) in [7, 11) is 0. The lowest BCUT2D eigenvalue weighted by molar-refractivity contribution is -0.139. The van der Waals surface area contributed by atoms with Crippen LogP contribution in [0.1, 0.15) is 12.8 Å². The van der Waals surface area contributed by atoms with Crippen molar-refractivity contribution >= 4 is 12.4 Å². The molecule has 0 aromatic carbocycles. The molecule has 5 nitrogen and oxygen atoms in total. The quantitative estimate of drug-likeness (QED) is 0.598. The molecule has 5 heteroatoms. The molecule has 1 fully saturated rings.